The number of aryl methyl sites for hydroxylation is 1. The summed E-state index contributed by atoms with van der Waals surface area (Å²) in [5, 5.41) is 0.614. The Kier molecular flexibility index (Phi) is 4.42. The Morgan fingerprint density at radius 3 is 2.92 bits per heavy atom. The van der Waals surface area contributed by atoms with Gasteiger partial charge in [0.25, 0.3) is 0 Å². The molecule has 0 radical (unpaired) electrons. The first-order valence-electron chi connectivity index (χ1n) is 3.89. The Morgan fingerprint density at radius 2 is 2.31 bits per heavy atom. The van der Waals surface area contributed by atoms with Crippen molar-refractivity contribution >= 4 is 23.6 Å². The van der Waals surface area contributed by atoms with E-state index in [0.717, 1.165) is 17.6 Å². The molecular weight excluding hydrogens is 208 g/mol. The van der Waals surface area contributed by atoms with Crippen molar-refractivity contribution in [1.82, 2.24) is 0 Å². The second-order valence-corrected chi connectivity index (χ2v) is 3.69. The average molecular weight is 219 g/mol. The minimum absolute atomic E-state index is 0.462. The van der Waals surface area contributed by atoms with Crippen molar-refractivity contribution in [1.29, 1.82) is 0 Å². The summed E-state index contributed by atoms with van der Waals surface area (Å²) in [5.41, 5.74) is 1.11. The van der Waals surface area contributed by atoms with E-state index in [2.05, 4.69) is 0 Å². The number of hydrogen-bond donors (Lipinski definition) is 1. The van der Waals surface area contributed by atoms with Crippen LogP contribution >= 0.6 is 23.6 Å². The Bertz CT molecular complexity index is 278. The van der Waals surface area contributed by atoms with Gasteiger partial charge >= 0.3 is 0 Å². The van der Waals surface area contributed by atoms with E-state index in [0.29, 0.717) is 23.1 Å². The van der Waals surface area contributed by atoms with Gasteiger partial charge in [-0.2, -0.15) is 0 Å². The molecule has 0 fully saturated rings. The Labute approximate surface area is 87.1 Å². The molecule has 0 saturated heterocycles. The largest absolute Gasteiger partial charge is 0.491 e. The van der Waals surface area contributed by atoms with Crippen molar-refractivity contribution in [2.75, 3.05) is 12.4 Å². The van der Waals surface area contributed by atoms with Crippen LogP contribution in [0.1, 0.15) is 5.56 Å². The van der Waals surface area contributed by atoms with Crippen LogP contribution < -0.4 is 4.74 Å². The van der Waals surface area contributed by atoms with Crippen molar-refractivity contribution in [3.63, 3.8) is 0 Å². The first-order chi connectivity index (χ1) is 6.24. The summed E-state index contributed by atoms with van der Waals surface area (Å²) in [4.78, 5) is 0. The molecule has 0 spiro atoms. The molecular formula is C9H11ClO2S. The van der Waals surface area contributed by atoms with E-state index >= 15 is 0 Å². The maximum absolute atomic E-state index is 8.46. The lowest BCUT2D eigenvalue weighted by Gasteiger charge is -2.06. The molecule has 0 saturated carbocycles. The van der Waals surface area contributed by atoms with Gasteiger partial charge in [-0.15, -0.1) is 0 Å². The van der Waals surface area contributed by atoms with Crippen molar-refractivity contribution < 1.29 is 9.29 Å². The standard InChI is InChI=1S/C9H11ClO2S/c1-7-2-3-9(8(10)6-7)12-4-5-13-11/h2-3,6,11H,4-5H2,1H3. The monoisotopic (exact) mass is 218 g/mol. The number of ether oxygens (including phenoxy) is 1. The molecule has 1 aromatic carbocycles. The molecule has 1 aromatic rings. The van der Waals surface area contributed by atoms with Gasteiger partial charge in [-0.1, -0.05) is 17.7 Å². The Morgan fingerprint density at radius 1 is 1.54 bits per heavy atom. The van der Waals surface area contributed by atoms with Gasteiger partial charge in [0.2, 0.25) is 0 Å². The van der Waals surface area contributed by atoms with Crippen LogP contribution in [0.25, 0.3) is 0 Å². The van der Waals surface area contributed by atoms with Gasteiger partial charge < -0.3 is 9.29 Å². The predicted octanol–water partition coefficient (Wildman–Crippen LogP) is 3.23. The van der Waals surface area contributed by atoms with E-state index in [1.54, 1.807) is 0 Å². The van der Waals surface area contributed by atoms with Crippen LogP contribution in [-0.2, 0) is 0 Å². The van der Waals surface area contributed by atoms with Crippen LogP contribution in [0.5, 0.6) is 5.75 Å². The SMILES string of the molecule is Cc1ccc(OCCSO)c(Cl)c1. The zero-order chi connectivity index (χ0) is 9.68. The third-order valence-corrected chi connectivity index (χ3v) is 2.16. The third kappa shape index (κ3) is 3.46. The molecule has 0 aliphatic carbocycles. The van der Waals surface area contributed by atoms with Gasteiger partial charge in [0, 0.05) is 0 Å². The molecule has 0 aromatic heterocycles. The van der Waals surface area contributed by atoms with E-state index < -0.39 is 0 Å². The summed E-state index contributed by atoms with van der Waals surface area (Å²) >= 11 is 6.68. The molecule has 1 N–H and O–H groups in total. The van der Waals surface area contributed by atoms with Gasteiger partial charge in [-0.05, 0) is 36.7 Å². The van der Waals surface area contributed by atoms with Gasteiger partial charge in [-0.3, -0.25) is 0 Å². The fourth-order valence-electron chi connectivity index (χ4n) is 0.912. The molecule has 0 unspecified atom stereocenters. The highest BCUT2D eigenvalue weighted by Crippen LogP contribution is 2.24. The molecule has 0 aliphatic heterocycles. The smallest absolute Gasteiger partial charge is 0.137 e. The second-order valence-electron chi connectivity index (χ2n) is 2.62. The highest BCUT2D eigenvalue weighted by Gasteiger charge is 2.00. The van der Waals surface area contributed by atoms with E-state index in [-0.39, 0.29) is 0 Å². The second kappa shape index (κ2) is 5.37. The minimum atomic E-state index is 0.462. The van der Waals surface area contributed by atoms with Crippen LogP contribution in [0.3, 0.4) is 0 Å². The molecule has 2 nitrogen and oxygen atoms in total. The number of halogens is 1. The highest BCUT2D eigenvalue weighted by molar-refractivity contribution is 7.93. The zero-order valence-electron chi connectivity index (χ0n) is 7.29. The van der Waals surface area contributed by atoms with Crippen LogP contribution in [0.4, 0.5) is 0 Å². The lowest BCUT2D eigenvalue weighted by Crippen LogP contribution is -2.00. The number of rotatable bonds is 4. The van der Waals surface area contributed by atoms with Crippen molar-refractivity contribution in [2.24, 2.45) is 0 Å². The third-order valence-electron chi connectivity index (χ3n) is 1.52. The van der Waals surface area contributed by atoms with Crippen molar-refractivity contribution in [3.8, 4) is 5.75 Å². The molecule has 1 rings (SSSR count). The fraction of sp³-hybridized carbons (Fsp3) is 0.333. The summed E-state index contributed by atoms with van der Waals surface area (Å²) in [5.74, 6) is 1.21. The lowest BCUT2D eigenvalue weighted by atomic mass is 10.2. The van der Waals surface area contributed by atoms with Crippen LogP contribution in [0.2, 0.25) is 5.02 Å². The molecule has 4 heteroatoms. The maximum atomic E-state index is 8.46. The molecule has 0 amide bonds. The summed E-state index contributed by atoms with van der Waals surface area (Å²) in [6.07, 6.45) is 0. The fourth-order valence-corrected chi connectivity index (χ4v) is 1.36. The average Bonchev–Trinajstić information content (AvgIpc) is 2.09. The first-order valence-corrected chi connectivity index (χ1v) is 5.21. The summed E-state index contributed by atoms with van der Waals surface area (Å²) in [6, 6.07) is 5.62. The van der Waals surface area contributed by atoms with Gasteiger partial charge in [0.1, 0.15) is 5.75 Å². The quantitative estimate of drug-likeness (QED) is 0.622. The van der Waals surface area contributed by atoms with Crippen molar-refractivity contribution in [2.45, 2.75) is 6.92 Å². The van der Waals surface area contributed by atoms with Gasteiger partial charge in [0.15, 0.2) is 0 Å². The van der Waals surface area contributed by atoms with Crippen LogP contribution in [-0.4, -0.2) is 16.9 Å². The molecule has 0 bridgehead atoms. The molecule has 72 valence electrons. The van der Waals surface area contributed by atoms with Crippen LogP contribution in [0.15, 0.2) is 18.2 Å². The maximum Gasteiger partial charge on any atom is 0.137 e. The molecule has 0 heterocycles. The molecule has 0 aliphatic rings. The predicted molar refractivity (Wildman–Crippen MR) is 56.8 cm³/mol. The first kappa shape index (κ1) is 10.7. The highest BCUT2D eigenvalue weighted by atomic mass is 35.5. The van der Waals surface area contributed by atoms with E-state index in [1.807, 2.05) is 25.1 Å². The summed E-state index contributed by atoms with van der Waals surface area (Å²) in [6.45, 7) is 2.43. The van der Waals surface area contributed by atoms with Crippen molar-refractivity contribution in [3.05, 3.63) is 28.8 Å². The molecule has 0 atom stereocenters. The minimum Gasteiger partial charge on any atom is -0.491 e. The zero-order valence-corrected chi connectivity index (χ0v) is 8.86. The lowest BCUT2D eigenvalue weighted by molar-refractivity contribution is 0.342. The topological polar surface area (TPSA) is 29.5 Å². The van der Waals surface area contributed by atoms with E-state index in [4.69, 9.17) is 20.9 Å². The van der Waals surface area contributed by atoms with Crippen LogP contribution in [0, 0.1) is 6.92 Å². The van der Waals surface area contributed by atoms with E-state index in [1.165, 1.54) is 0 Å². The number of benzene rings is 1. The Hall–Kier alpha value is -0.380. The van der Waals surface area contributed by atoms with Gasteiger partial charge in [0.05, 0.1) is 17.4 Å². The Balaban J connectivity index is 2.56. The number of hydrogen-bond acceptors (Lipinski definition) is 3. The summed E-state index contributed by atoms with van der Waals surface area (Å²) < 4.78 is 13.8. The summed E-state index contributed by atoms with van der Waals surface area (Å²) in [7, 11) is 0. The molecule has 13 heavy (non-hydrogen) atoms. The van der Waals surface area contributed by atoms with Gasteiger partial charge in [-0.25, -0.2) is 0 Å². The van der Waals surface area contributed by atoms with E-state index in [9.17, 15) is 0 Å². The normalized spacial score (nSPS) is 10.1.